The van der Waals surface area contributed by atoms with Crippen LogP contribution in [-0.2, 0) is 11.3 Å². The average Bonchev–Trinajstić information content (AvgIpc) is 3.16. The predicted molar refractivity (Wildman–Crippen MR) is 99.8 cm³/mol. The number of ether oxygens (including phenoxy) is 2. The molecular formula is C17H20ClN7O2. The van der Waals surface area contributed by atoms with E-state index in [-0.39, 0.29) is 6.04 Å². The van der Waals surface area contributed by atoms with Gasteiger partial charge < -0.3 is 14.8 Å². The minimum absolute atomic E-state index is 0.216. The van der Waals surface area contributed by atoms with Crippen LogP contribution >= 0.6 is 11.6 Å². The molecule has 1 saturated heterocycles. The largest absolute Gasteiger partial charge is 0.475 e. The fourth-order valence-electron chi connectivity index (χ4n) is 3.64. The van der Waals surface area contributed by atoms with Gasteiger partial charge in [-0.15, -0.1) is 5.10 Å². The summed E-state index contributed by atoms with van der Waals surface area (Å²) in [6.07, 6.45) is 4.54. The van der Waals surface area contributed by atoms with Gasteiger partial charge in [0.15, 0.2) is 10.8 Å². The number of anilines is 2. The summed E-state index contributed by atoms with van der Waals surface area (Å²) >= 11 is 6.21. The summed E-state index contributed by atoms with van der Waals surface area (Å²) < 4.78 is 15.4. The lowest BCUT2D eigenvalue weighted by atomic mass is 10.1. The Bertz CT molecular complexity index is 993. The summed E-state index contributed by atoms with van der Waals surface area (Å²) in [5.74, 6) is 1.04. The van der Waals surface area contributed by atoms with Crippen molar-refractivity contribution in [2.24, 2.45) is 0 Å². The third-order valence-corrected chi connectivity index (χ3v) is 5.31. The Kier molecular flexibility index (Phi) is 4.13. The number of nitrogens with one attached hydrogen (secondary N) is 1. The maximum absolute atomic E-state index is 6.21. The molecule has 1 atom stereocenters. The van der Waals surface area contributed by atoms with Gasteiger partial charge >= 0.3 is 0 Å². The molecule has 0 amide bonds. The highest BCUT2D eigenvalue weighted by molar-refractivity contribution is 6.34. The number of nitrogens with zero attached hydrogens (tertiary/aromatic N) is 6. The molecule has 1 unspecified atom stereocenters. The highest BCUT2D eigenvalue weighted by Gasteiger charge is 2.25. The summed E-state index contributed by atoms with van der Waals surface area (Å²) in [5, 5.41) is 13.5. The fraction of sp³-hybridized carbons (Fsp3) is 0.529. The zero-order chi connectivity index (χ0) is 18.4. The van der Waals surface area contributed by atoms with E-state index in [1.807, 2.05) is 11.6 Å². The number of hydrogen-bond donors (Lipinski definition) is 1. The van der Waals surface area contributed by atoms with E-state index in [4.69, 9.17) is 26.2 Å². The van der Waals surface area contributed by atoms with Crippen LogP contribution in [-0.4, -0.2) is 49.3 Å². The molecule has 2 aliphatic heterocycles. The zero-order valence-corrected chi connectivity index (χ0v) is 15.7. The van der Waals surface area contributed by atoms with Crippen LogP contribution in [0, 0.1) is 6.92 Å². The Morgan fingerprint density at radius 1 is 1.26 bits per heavy atom. The summed E-state index contributed by atoms with van der Waals surface area (Å²) in [6.45, 7) is 4.69. The molecule has 2 bridgehead atoms. The van der Waals surface area contributed by atoms with E-state index in [9.17, 15) is 0 Å². The third-order valence-electron chi connectivity index (χ3n) is 5.03. The summed E-state index contributed by atoms with van der Waals surface area (Å²) in [7, 11) is 0. The van der Waals surface area contributed by atoms with Gasteiger partial charge in [0, 0.05) is 25.8 Å². The van der Waals surface area contributed by atoms with Crippen molar-refractivity contribution in [3.8, 4) is 5.88 Å². The first-order chi connectivity index (χ1) is 13.2. The molecule has 1 N–H and O–H groups in total. The minimum Gasteiger partial charge on any atom is -0.475 e. The standard InChI is InChI=1S/C17H20ClN7O2/c1-10-13-16(23-25(10)11-4-2-6-26-9-11)27-7-3-5-24-15-12(14(18)22-24)8-19-17(20-13)21-15/h8,11H,2-7,9H2,1H3,(H,19,20,21). The molecule has 5 rings (SSSR count). The second-order valence-electron chi connectivity index (χ2n) is 6.85. The molecule has 0 spiro atoms. The summed E-state index contributed by atoms with van der Waals surface area (Å²) in [4.78, 5) is 9.01. The normalized spacial score (nSPS) is 20.0. The number of halogens is 1. The molecular weight excluding hydrogens is 370 g/mol. The maximum atomic E-state index is 6.21. The molecule has 142 valence electrons. The van der Waals surface area contributed by atoms with Crippen molar-refractivity contribution in [2.75, 3.05) is 25.1 Å². The fourth-order valence-corrected chi connectivity index (χ4v) is 3.87. The molecule has 2 aliphatic rings. The van der Waals surface area contributed by atoms with Crippen LogP contribution in [0.5, 0.6) is 5.88 Å². The van der Waals surface area contributed by atoms with E-state index in [1.165, 1.54) is 0 Å². The molecule has 27 heavy (non-hydrogen) atoms. The van der Waals surface area contributed by atoms with Crippen molar-refractivity contribution in [1.29, 1.82) is 0 Å². The first-order valence-corrected chi connectivity index (χ1v) is 9.54. The van der Waals surface area contributed by atoms with Gasteiger partial charge in [-0.3, -0.25) is 4.68 Å². The van der Waals surface area contributed by atoms with Gasteiger partial charge in [0.2, 0.25) is 5.95 Å². The molecule has 3 aromatic rings. The number of fused-ring (bicyclic) bond motifs is 2. The van der Waals surface area contributed by atoms with Gasteiger partial charge in [-0.1, -0.05) is 11.6 Å². The van der Waals surface area contributed by atoms with Crippen LogP contribution in [0.15, 0.2) is 6.20 Å². The molecule has 0 aliphatic carbocycles. The number of rotatable bonds is 1. The van der Waals surface area contributed by atoms with Crippen LogP contribution in [0.4, 0.5) is 11.6 Å². The quantitative estimate of drug-likeness (QED) is 0.684. The molecule has 0 aromatic carbocycles. The lowest BCUT2D eigenvalue weighted by molar-refractivity contribution is 0.0537. The van der Waals surface area contributed by atoms with Gasteiger partial charge in [0.25, 0.3) is 5.88 Å². The van der Waals surface area contributed by atoms with Crippen molar-refractivity contribution < 1.29 is 9.47 Å². The minimum atomic E-state index is 0.216. The Labute approximate surface area is 160 Å². The molecule has 0 saturated carbocycles. The highest BCUT2D eigenvalue weighted by atomic mass is 35.5. The van der Waals surface area contributed by atoms with Gasteiger partial charge in [0.05, 0.1) is 30.3 Å². The topological polar surface area (TPSA) is 91.9 Å². The van der Waals surface area contributed by atoms with Crippen LogP contribution in [0.1, 0.15) is 31.0 Å². The maximum Gasteiger partial charge on any atom is 0.257 e. The van der Waals surface area contributed by atoms with Crippen molar-refractivity contribution in [1.82, 2.24) is 29.5 Å². The van der Waals surface area contributed by atoms with Gasteiger partial charge in [-0.2, -0.15) is 10.1 Å². The van der Waals surface area contributed by atoms with E-state index < -0.39 is 0 Å². The molecule has 3 aromatic heterocycles. The Morgan fingerprint density at radius 2 is 2.19 bits per heavy atom. The lowest BCUT2D eigenvalue weighted by Crippen LogP contribution is -2.23. The van der Waals surface area contributed by atoms with Crippen LogP contribution < -0.4 is 10.1 Å². The average molecular weight is 390 g/mol. The van der Waals surface area contributed by atoms with Crippen LogP contribution in [0.25, 0.3) is 11.0 Å². The van der Waals surface area contributed by atoms with Crippen molar-refractivity contribution in [3.05, 3.63) is 17.0 Å². The van der Waals surface area contributed by atoms with Gasteiger partial charge in [0.1, 0.15) is 5.69 Å². The zero-order valence-electron chi connectivity index (χ0n) is 15.0. The second kappa shape index (κ2) is 6.65. The Balaban J connectivity index is 1.57. The molecule has 10 heteroatoms. The van der Waals surface area contributed by atoms with E-state index in [2.05, 4.69) is 20.4 Å². The van der Waals surface area contributed by atoms with E-state index >= 15 is 0 Å². The van der Waals surface area contributed by atoms with Crippen LogP contribution in [0.2, 0.25) is 5.15 Å². The monoisotopic (exact) mass is 389 g/mol. The van der Waals surface area contributed by atoms with Gasteiger partial charge in [-0.05, 0) is 19.8 Å². The number of hydrogen-bond acceptors (Lipinski definition) is 7. The predicted octanol–water partition coefficient (Wildman–Crippen LogP) is 2.86. The van der Waals surface area contributed by atoms with Crippen molar-refractivity contribution in [3.63, 3.8) is 0 Å². The lowest BCUT2D eigenvalue weighted by Gasteiger charge is -2.23. The summed E-state index contributed by atoms with van der Waals surface area (Å²) in [5.41, 5.74) is 2.49. The van der Waals surface area contributed by atoms with Crippen LogP contribution in [0.3, 0.4) is 0 Å². The van der Waals surface area contributed by atoms with Gasteiger partial charge in [-0.25, -0.2) is 9.67 Å². The van der Waals surface area contributed by atoms with E-state index in [0.29, 0.717) is 42.4 Å². The number of aryl methyl sites for hydroxylation is 1. The van der Waals surface area contributed by atoms with Crippen molar-refractivity contribution in [2.45, 2.75) is 38.8 Å². The Morgan fingerprint density at radius 3 is 3.04 bits per heavy atom. The summed E-state index contributed by atoms with van der Waals surface area (Å²) in [6, 6.07) is 0.216. The smallest absolute Gasteiger partial charge is 0.257 e. The first-order valence-electron chi connectivity index (χ1n) is 9.16. The molecule has 5 heterocycles. The first kappa shape index (κ1) is 16.8. The molecule has 0 radical (unpaired) electrons. The number of aromatic nitrogens is 6. The van der Waals surface area contributed by atoms with E-state index in [1.54, 1.807) is 10.9 Å². The second-order valence-corrected chi connectivity index (χ2v) is 7.21. The SMILES string of the molecule is Cc1c2c(nn1C1CCCOC1)OCCCn1nc(Cl)c3cnc(nc31)N2. The molecule has 1 fully saturated rings. The molecule has 9 nitrogen and oxygen atoms in total. The van der Waals surface area contributed by atoms with E-state index in [0.717, 1.165) is 42.6 Å². The Hall–Kier alpha value is -2.39. The van der Waals surface area contributed by atoms with Crippen molar-refractivity contribution >= 4 is 34.3 Å². The third kappa shape index (κ3) is 2.90. The highest BCUT2D eigenvalue weighted by Crippen LogP contribution is 2.34.